The molecule has 0 saturated carbocycles. The lowest BCUT2D eigenvalue weighted by Gasteiger charge is -2.12. The molecule has 0 spiro atoms. The van der Waals surface area contributed by atoms with Gasteiger partial charge in [-0.05, 0) is 45.9 Å². The highest BCUT2D eigenvalue weighted by Crippen LogP contribution is 2.41. The fraction of sp³-hybridized carbons (Fsp3) is 0.125. The molecule has 0 aliphatic carbocycles. The molecule has 102 valence electrons. The predicted octanol–water partition coefficient (Wildman–Crippen LogP) is 6.60. The number of aryl methyl sites for hydroxylation is 1. The third kappa shape index (κ3) is 2.45. The maximum Gasteiger partial charge on any atom is 0.131 e. The number of hydrogen-bond acceptors (Lipinski definition) is 1. The van der Waals surface area contributed by atoms with E-state index in [9.17, 15) is 4.39 Å². The molecule has 0 saturated heterocycles. The van der Waals surface area contributed by atoms with Crippen molar-refractivity contribution >= 4 is 54.0 Å². The molecule has 0 amide bonds. The summed E-state index contributed by atoms with van der Waals surface area (Å²) in [7, 11) is 0. The fourth-order valence-electron chi connectivity index (χ4n) is 2.27. The molecule has 3 rings (SSSR count). The van der Waals surface area contributed by atoms with Crippen molar-refractivity contribution in [1.29, 1.82) is 0 Å². The Balaban J connectivity index is 2.17. The minimum atomic E-state index is -0.174. The van der Waals surface area contributed by atoms with Crippen LogP contribution in [0.2, 0.25) is 0 Å². The Morgan fingerprint density at radius 2 is 1.80 bits per heavy atom. The molecule has 1 aromatic heterocycles. The summed E-state index contributed by atoms with van der Waals surface area (Å²) in [6.45, 7) is 2.08. The number of alkyl halides is 1. The Morgan fingerprint density at radius 3 is 2.45 bits per heavy atom. The molecule has 0 aliphatic heterocycles. The quantitative estimate of drug-likeness (QED) is 0.415. The summed E-state index contributed by atoms with van der Waals surface area (Å²) in [5, 5.41) is 1.62. The largest absolute Gasteiger partial charge is 0.206 e. The minimum Gasteiger partial charge on any atom is -0.206 e. The molecule has 0 fully saturated rings. The van der Waals surface area contributed by atoms with E-state index in [0.29, 0.717) is 5.39 Å². The highest BCUT2D eigenvalue weighted by atomic mass is 79.9. The van der Waals surface area contributed by atoms with Crippen molar-refractivity contribution in [2.75, 3.05) is 0 Å². The van der Waals surface area contributed by atoms with Gasteiger partial charge in [0.1, 0.15) is 5.82 Å². The topological polar surface area (TPSA) is 0 Å². The Labute approximate surface area is 137 Å². The predicted molar refractivity (Wildman–Crippen MR) is 91.4 cm³/mol. The molecule has 4 heteroatoms. The number of hydrogen-bond donors (Lipinski definition) is 0. The van der Waals surface area contributed by atoms with Crippen molar-refractivity contribution in [1.82, 2.24) is 0 Å². The zero-order valence-corrected chi connectivity index (χ0v) is 14.6. The van der Waals surface area contributed by atoms with Crippen molar-refractivity contribution < 1.29 is 4.39 Å². The van der Waals surface area contributed by atoms with Crippen molar-refractivity contribution in [3.8, 4) is 0 Å². The van der Waals surface area contributed by atoms with Gasteiger partial charge in [-0.2, -0.15) is 0 Å². The summed E-state index contributed by atoms with van der Waals surface area (Å²) in [4.78, 5) is 2.53. The van der Waals surface area contributed by atoms with Gasteiger partial charge < -0.3 is 0 Å². The SMILES string of the molecule is Cc1sc(C(Br)c2ccc(F)c3ccccc23)cc1Br. The van der Waals surface area contributed by atoms with Crippen LogP contribution in [0.1, 0.15) is 20.1 Å². The summed E-state index contributed by atoms with van der Waals surface area (Å²) in [6.07, 6.45) is 0. The standard InChI is InChI=1S/C16H11Br2FS/c1-9-13(17)8-15(20-9)16(18)12-6-7-14(19)11-5-3-2-4-10(11)12/h2-8,16H,1H3. The summed E-state index contributed by atoms with van der Waals surface area (Å²) in [5.41, 5.74) is 1.09. The van der Waals surface area contributed by atoms with Crippen LogP contribution in [0.5, 0.6) is 0 Å². The molecule has 1 atom stereocenters. The number of thiophene rings is 1. The highest BCUT2D eigenvalue weighted by Gasteiger charge is 2.17. The molecule has 0 nitrogen and oxygen atoms in total. The second-order valence-corrected chi connectivity index (χ2v) is 7.66. The molecule has 0 N–H and O–H groups in total. The first-order chi connectivity index (χ1) is 9.58. The monoisotopic (exact) mass is 412 g/mol. The van der Waals surface area contributed by atoms with Gasteiger partial charge in [-0.1, -0.05) is 46.3 Å². The zero-order chi connectivity index (χ0) is 14.3. The zero-order valence-electron chi connectivity index (χ0n) is 10.7. The molecular formula is C16H11Br2FS. The van der Waals surface area contributed by atoms with Gasteiger partial charge in [0.25, 0.3) is 0 Å². The van der Waals surface area contributed by atoms with Gasteiger partial charge in [-0.25, -0.2) is 4.39 Å². The first-order valence-electron chi connectivity index (χ1n) is 6.15. The van der Waals surface area contributed by atoms with Crippen LogP contribution in [-0.4, -0.2) is 0 Å². The Hall–Kier alpha value is -0.710. The third-order valence-electron chi connectivity index (χ3n) is 3.30. The molecule has 0 aliphatic rings. The first kappa shape index (κ1) is 14.2. The Bertz CT molecular complexity index is 760. The van der Waals surface area contributed by atoms with Crippen LogP contribution >= 0.6 is 43.2 Å². The molecule has 1 unspecified atom stereocenters. The van der Waals surface area contributed by atoms with Gasteiger partial charge in [-0.15, -0.1) is 11.3 Å². The summed E-state index contributed by atoms with van der Waals surface area (Å²) in [5.74, 6) is -0.174. The molecule has 1 heterocycles. The molecule has 2 aromatic carbocycles. The lowest BCUT2D eigenvalue weighted by Crippen LogP contribution is -1.93. The number of benzene rings is 2. The first-order valence-corrected chi connectivity index (χ1v) is 8.67. The molecule has 3 aromatic rings. The van der Waals surface area contributed by atoms with E-state index >= 15 is 0 Å². The van der Waals surface area contributed by atoms with Gasteiger partial charge in [-0.3, -0.25) is 0 Å². The fourth-order valence-corrected chi connectivity index (χ4v) is 4.64. The summed E-state index contributed by atoms with van der Waals surface area (Å²) >= 11 is 9.04. The van der Waals surface area contributed by atoms with E-state index in [1.165, 1.54) is 9.75 Å². The van der Waals surface area contributed by atoms with E-state index in [1.807, 2.05) is 30.3 Å². The molecule has 0 radical (unpaired) electrons. The van der Waals surface area contributed by atoms with Gasteiger partial charge in [0.2, 0.25) is 0 Å². The maximum absolute atomic E-state index is 13.9. The summed E-state index contributed by atoms with van der Waals surface area (Å²) < 4.78 is 15.0. The lowest BCUT2D eigenvalue weighted by molar-refractivity contribution is 0.639. The van der Waals surface area contributed by atoms with Crippen LogP contribution < -0.4 is 0 Å². The van der Waals surface area contributed by atoms with Crippen LogP contribution in [0.4, 0.5) is 4.39 Å². The Morgan fingerprint density at radius 1 is 1.10 bits per heavy atom. The minimum absolute atomic E-state index is 0.0722. The van der Waals surface area contributed by atoms with E-state index < -0.39 is 0 Å². The van der Waals surface area contributed by atoms with Gasteiger partial charge in [0.05, 0.1) is 4.83 Å². The second-order valence-electron chi connectivity index (χ2n) is 4.60. The van der Waals surface area contributed by atoms with Crippen molar-refractivity contribution in [2.24, 2.45) is 0 Å². The van der Waals surface area contributed by atoms with Crippen LogP contribution in [-0.2, 0) is 0 Å². The number of fused-ring (bicyclic) bond motifs is 1. The van der Waals surface area contributed by atoms with Gasteiger partial charge in [0, 0.05) is 19.6 Å². The highest BCUT2D eigenvalue weighted by molar-refractivity contribution is 9.10. The van der Waals surface area contributed by atoms with Crippen LogP contribution in [0, 0.1) is 12.7 Å². The van der Waals surface area contributed by atoms with Crippen LogP contribution in [0.3, 0.4) is 0 Å². The van der Waals surface area contributed by atoms with Crippen molar-refractivity contribution in [3.63, 3.8) is 0 Å². The average Bonchev–Trinajstić information content (AvgIpc) is 2.79. The molecule has 0 bridgehead atoms. The molecule has 20 heavy (non-hydrogen) atoms. The van der Waals surface area contributed by atoms with Crippen LogP contribution in [0.25, 0.3) is 10.8 Å². The molecular weight excluding hydrogens is 403 g/mol. The summed E-state index contributed by atoms with van der Waals surface area (Å²) in [6, 6.07) is 13.1. The van der Waals surface area contributed by atoms with E-state index in [-0.39, 0.29) is 10.6 Å². The maximum atomic E-state index is 13.9. The van der Waals surface area contributed by atoms with E-state index in [4.69, 9.17) is 0 Å². The van der Waals surface area contributed by atoms with E-state index in [1.54, 1.807) is 17.4 Å². The van der Waals surface area contributed by atoms with Gasteiger partial charge >= 0.3 is 0 Å². The van der Waals surface area contributed by atoms with E-state index in [2.05, 4.69) is 44.8 Å². The van der Waals surface area contributed by atoms with Gasteiger partial charge in [0.15, 0.2) is 0 Å². The van der Waals surface area contributed by atoms with Crippen molar-refractivity contribution in [2.45, 2.75) is 11.8 Å². The number of rotatable bonds is 2. The van der Waals surface area contributed by atoms with E-state index in [0.717, 1.165) is 15.4 Å². The smallest absolute Gasteiger partial charge is 0.131 e. The normalized spacial score (nSPS) is 12.8. The number of halogens is 3. The average molecular weight is 414 g/mol. The van der Waals surface area contributed by atoms with Crippen molar-refractivity contribution in [3.05, 3.63) is 68.1 Å². The Kier molecular flexibility index (Phi) is 3.98. The lowest BCUT2D eigenvalue weighted by atomic mass is 10.0. The third-order valence-corrected chi connectivity index (χ3v) is 6.79. The van der Waals surface area contributed by atoms with Crippen LogP contribution in [0.15, 0.2) is 46.9 Å². The second kappa shape index (κ2) is 5.58.